The smallest absolute Gasteiger partial charge is 0.349 e. The molecule has 0 bridgehead atoms. The Labute approximate surface area is 117 Å². The lowest BCUT2D eigenvalue weighted by atomic mass is 10.2. The molecule has 1 heterocycles. The third-order valence-electron chi connectivity index (χ3n) is 2.47. The second-order valence-electron chi connectivity index (χ2n) is 3.93. The van der Waals surface area contributed by atoms with E-state index >= 15 is 0 Å². The Morgan fingerprint density at radius 3 is 2.70 bits per heavy atom. The number of furan rings is 1. The van der Waals surface area contributed by atoms with Gasteiger partial charge in [-0.3, -0.25) is 0 Å². The molecule has 0 aliphatic rings. The van der Waals surface area contributed by atoms with Gasteiger partial charge in [0.2, 0.25) is 0 Å². The first kappa shape index (κ1) is 13.8. The van der Waals surface area contributed by atoms with Crippen LogP contribution in [-0.4, -0.2) is 18.8 Å². The molecule has 2 rings (SSSR count). The number of carbonyl (C=O) groups is 1. The summed E-state index contributed by atoms with van der Waals surface area (Å²) in [6.07, 6.45) is 4.56. The monoisotopic (exact) mass is 269 g/mol. The minimum atomic E-state index is -0.474. The Morgan fingerprint density at radius 2 is 2.05 bits per heavy atom. The molecular formula is C16H15NO3. The van der Waals surface area contributed by atoms with Crippen molar-refractivity contribution in [3.8, 4) is 0 Å². The molecule has 0 saturated carbocycles. The molecule has 0 spiro atoms. The van der Waals surface area contributed by atoms with E-state index in [-0.39, 0.29) is 0 Å². The summed E-state index contributed by atoms with van der Waals surface area (Å²) in [4.78, 5) is 15.5. The van der Waals surface area contributed by atoms with Crippen molar-refractivity contribution in [2.75, 3.05) is 6.61 Å². The van der Waals surface area contributed by atoms with Gasteiger partial charge >= 0.3 is 5.97 Å². The fraction of sp³-hybridized carbons (Fsp3) is 0.125. The molecule has 0 atom stereocenters. The van der Waals surface area contributed by atoms with E-state index in [0.29, 0.717) is 18.1 Å². The highest BCUT2D eigenvalue weighted by Crippen LogP contribution is 2.19. The summed E-state index contributed by atoms with van der Waals surface area (Å²) in [6, 6.07) is 13.3. The van der Waals surface area contributed by atoms with Gasteiger partial charge in [-0.1, -0.05) is 30.3 Å². The predicted molar refractivity (Wildman–Crippen MR) is 78.1 cm³/mol. The Morgan fingerprint density at radius 1 is 1.25 bits per heavy atom. The average molecular weight is 269 g/mol. The third-order valence-corrected chi connectivity index (χ3v) is 2.47. The normalized spacial score (nSPS) is 11.8. The molecule has 4 heteroatoms. The Bertz CT molecular complexity index is 598. The number of rotatable bonds is 5. The number of aliphatic imine (C=N–C) groups is 1. The van der Waals surface area contributed by atoms with Gasteiger partial charge in [-0.05, 0) is 30.7 Å². The molecule has 20 heavy (non-hydrogen) atoms. The molecule has 0 saturated heterocycles. The van der Waals surface area contributed by atoms with Crippen LogP contribution in [0.4, 0.5) is 0 Å². The Kier molecular flexibility index (Phi) is 4.89. The first-order valence-electron chi connectivity index (χ1n) is 6.31. The van der Waals surface area contributed by atoms with Crippen molar-refractivity contribution in [2.45, 2.75) is 6.92 Å². The second kappa shape index (κ2) is 7.09. The van der Waals surface area contributed by atoms with Crippen LogP contribution in [-0.2, 0) is 9.53 Å². The fourth-order valence-electron chi connectivity index (χ4n) is 1.61. The van der Waals surface area contributed by atoms with Crippen LogP contribution in [0.25, 0.3) is 11.8 Å². The van der Waals surface area contributed by atoms with E-state index in [4.69, 9.17) is 9.15 Å². The number of nitrogens with zero attached hydrogens (tertiary/aromatic N) is 1. The van der Waals surface area contributed by atoms with E-state index in [9.17, 15) is 4.79 Å². The molecule has 4 nitrogen and oxygen atoms in total. The molecule has 1 aromatic carbocycles. The van der Waals surface area contributed by atoms with E-state index in [0.717, 1.165) is 11.8 Å². The second-order valence-corrected chi connectivity index (χ2v) is 3.93. The van der Waals surface area contributed by atoms with Gasteiger partial charge in [0, 0.05) is 0 Å². The minimum absolute atomic E-state index is 0.323. The topological polar surface area (TPSA) is 51.8 Å². The van der Waals surface area contributed by atoms with Gasteiger partial charge in [0.05, 0.1) is 12.9 Å². The summed E-state index contributed by atoms with van der Waals surface area (Å²) in [5.74, 6) is 0.118. The molecule has 0 aliphatic heterocycles. The van der Waals surface area contributed by atoms with Gasteiger partial charge < -0.3 is 9.15 Å². The van der Waals surface area contributed by atoms with Gasteiger partial charge in [-0.25, -0.2) is 9.79 Å². The molecule has 0 radical (unpaired) electrons. The lowest BCUT2D eigenvalue weighted by Crippen LogP contribution is -2.04. The van der Waals surface area contributed by atoms with Crippen LogP contribution in [0.2, 0.25) is 0 Å². The van der Waals surface area contributed by atoms with Crippen molar-refractivity contribution in [1.29, 1.82) is 0 Å². The number of ether oxygens (including phenoxy) is 1. The quantitative estimate of drug-likeness (QED) is 0.617. The van der Waals surface area contributed by atoms with Crippen molar-refractivity contribution in [3.05, 3.63) is 60.1 Å². The SMILES string of the molecule is CCOC(=O)C=N/C(=C\c1ccccc1)c1ccco1. The third kappa shape index (κ3) is 3.95. The highest BCUT2D eigenvalue weighted by atomic mass is 16.5. The molecule has 2 aromatic rings. The number of hydrogen-bond donors (Lipinski definition) is 0. The summed E-state index contributed by atoms with van der Waals surface area (Å²) < 4.78 is 10.1. The van der Waals surface area contributed by atoms with E-state index in [1.807, 2.05) is 36.4 Å². The van der Waals surface area contributed by atoms with E-state index in [2.05, 4.69) is 4.99 Å². The maximum atomic E-state index is 11.3. The highest BCUT2D eigenvalue weighted by Gasteiger charge is 2.04. The Hall–Kier alpha value is -2.62. The van der Waals surface area contributed by atoms with Crippen LogP contribution in [0.15, 0.2) is 58.1 Å². The molecule has 0 amide bonds. The molecule has 1 aromatic heterocycles. The predicted octanol–water partition coefficient (Wildman–Crippen LogP) is 3.41. The van der Waals surface area contributed by atoms with Crippen molar-refractivity contribution >= 4 is 24.0 Å². The molecule has 0 N–H and O–H groups in total. The molecular weight excluding hydrogens is 254 g/mol. The first-order valence-corrected chi connectivity index (χ1v) is 6.31. The lowest BCUT2D eigenvalue weighted by Gasteiger charge is -1.99. The summed E-state index contributed by atoms with van der Waals surface area (Å²) >= 11 is 0. The Balaban J connectivity index is 2.27. The van der Waals surface area contributed by atoms with Gasteiger partial charge in [-0.15, -0.1) is 0 Å². The van der Waals surface area contributed by atoms with E-state index in [1.54, 1.807) is 25.3 Å². The maximum absolute atomic E-state index is 11.3. The van der Waals surface area contributed by atoms with E-state index in [1.165, 1.54) is 0 Å². The summed E-state index contributed by atoms with van der Waals surface area (Å²) in [6.45, 7) is 2.07. The van der Waals surface area contributed by atoms with Gasteiger partial charge in [0.15, 0.2) is 5.76 Å². The van der Waals surface area contributed by atoms with Gasteiger partial charge in [-0.2, -0.15) is 0 Å². The van der Waals surface area contributed by atoms with Crippen LogP contribution in [0, 0.1) is 0 Å². The number of benzene rings is 1. The van der Waals surface area contributed by atoms with Crippen molar-refractivity contribution in [3.63, 3.8) is 0 Å². The number of esters is 1. The number of carbonyl (C=O) groups excluding carboxylic acids is 1. The fourth-order valence-corrected chi connectivity index (χ4v) is 1.61. The first-order chi connectivity index (χ1) is 9.79. The zero-order valence-corrected chi connectivity index (χ0v) is 11.2. The van der Waals surface area contributed by atoms with Crippen LogP contribution in [0.1, 0.15) is 18.2 Å². The summed E-state index contributed by atoms with van der Waals surface area (Å²) in [5, 5.41) is 0. The van der Waals surface area contributed by atoms with Crippen LogP contribution in [0.3, 0.4) is 0 Å². The van der Waals surface area contributed by atoms with Crippen LogP contribution < -0.4 is 0 Å². The zero-order chi connectivity index (χ0) is 14.2. The molecule has 0 fully saturated rings. The van der Waals surface area contributed by atoms with Crippen molar-refractivity contribution in [1.82, 2.24) is 0 Å². The average Bonchev–Trinajstić information content (AvgIpc) is 2.99. The largest absolute Gasteiger partial charge is 0.463 e. The molecule has 102 valence electrons. The zero-order valence-electron chi connectivity index (χ0n) is 11.2. The van der Waals surface area contributed by atoms with Crippen LogP contribution in [0.5, 0.6) is 0 Å². The molecule has 0 unspecified atom stereocenters. The van der Waals surface area contributed by atoms with Gasteiger partial charge in [0.1, 0.15) is 11.9 Å². The summed E-state index contributed by atoms with van der Waals surface area (Å²) in [5.41, 5.74) is 1.54. The highest BCUT2D eigenvalue weighted by molar-refractivity contribution is 6.24. The van der Waals surface area contributed by atoms with Crippen molar-refractivity contribution in [2.24, 2.45) is 4.99 Å². The van der Waals surface area contributed by atoms with Gasteiger partial charge in [0.25, 0.3) is 0 Å². The van der Waals surface area contributed by atoms with E-state index < -0.39 is 5.97 Å². The number of hydrogen-bond acceptors (Lipinski definition) is 4. The molecule has 0 aliphatic carbocycles. The van der Waals surface area contributed by atoms with Crippen LogP contribution >= 0.6 is 0 Å². The van der Waals surface area contributed by atoms with Crippen molar-refractivity contribution < 1.29 is 13.9 Å². The summed E-state index contributed by atoms with van der Waals surface area (Å²) in [7, 11) is 0. The minimum Gasteiger partial charge on any atom is -0.463 e. The standard InChI is InChI=1S/C16H15NO3/c1-2-19-16(18)12-17-14(15-9-6-10-20-15)11-13-7-4-3-5-8-13/h3-12H,2H2,1H3/b14-11-,17-12?. The maximum Gasteiger partial charge on any atom is 0.349 e. The lowest BCUT2D eigenvalue weighted by molar-refractivity contribution is -0.134.